The van der Waals surface area contributed by atoms with Crippen LogP contribution in [0.1, 0.15) is 15.9 Å². The minimum atomic E-state index is -3.93. The van der Waals surface area contributed by atoms with Crippen molar-refractivity contribution in [3.63, 3.8) is 0 Å². The standard InChI is InChI=1S/C20H15BrF2N2O3S/c1-12-2-6-16(24-20(26)17-9-5-14(22)10-18(17)23)11-19(12)29(27,28)25-15-7-3-13(21)4-8-15/h2-11,25H,1H3,(H,24,26). The predicted molar refractivity (Wildman–Crippen MR) is 110 cm³/mol. The molecule has 3 aromatic rings. The Kier molecular flexibility index (Phi) is 5.99. The lowest BCUT2D eigenvalue weighted by Gasteiger charge is -2.13. The fraction of sp³-hybridized carbons (Fsp3) is 0.0500. The van der Waals surface area contributed by atoms with Crippen LogP contribution in [0.4, 0.5) is 20.2 Å². The second-order valence-electron chi connectivity index (χ2n) is 6.17. The van der Waals surface area contributed by atoms with Gasteiger partial charge in [0, 0.05) is 21.9 Å². The lowest BCUT2D eigenvalue weighted by molar-refractivity contribution is 0.102. The molecule has 0 aliphatic rings. The summed E-state index contributed by atoms with van der Waals surface area (Å²) in [5.41, 5.74) is 0.626. The van der Waals surface area contributed by atoms with Gasteiger partial charge in [0.2, 0.25) is 0 Å². The van der Waals surface area contributed by atoms with E-state index >= 15 is 0 Å². The number of aryl methyl sites for hydroxylation is 1. The number of halogens is 3. The molecule has 9 heteroatoms. The van der Waals surface area contributed by atoms with Crippen molar-refractivity contribution in [3.05, 3.63) is 87.9 Å². The Hall–Kier alpha value is -2.78. The normalized spacial score (nSPS) is 11.2. The topological polar surface area (TPSA) is 75.3 Å². The van der Waals surface area contributed by atoms with Crippen LogP contribution in [0.15, 0.2) is 70.0 Å². The largest absolute Gasteiger partial charge is 0.322 e. The summed E-state index contributed by atoms with van der Waals surface area (Å²) in [5, 5.41) is 2.43. The van der Waals surface area contributed by atoms with E-state index in [2.05, 4.69) is 26.0 Å². The molecule has 29 heavy (non-hydrogen) atoms. The molecule has 0 aromatic heterocycles. The molecule has 0 radical (unpaired) electrons. The number of rotatable bonds is 5. The SMILES string of the molecule is Cc1ccc(NC(=O)c2ccc(F)cc2F)cc1S(=O)(=O)Nc1ccc(Br)cc1. The molecule has 3 aromatic carbocycles. The van der Waals surface area contributed by atoms with Gasteiger partial charge in [-0.15, -0.1) is 0 Å². The molecule has 0 heterocycles. The second kappa shape index (κ2) is 8.30. The van der Waals surface area contributed by atoms with E-state index in [-0.39, 0.29) is 16.1 Å². The molecular weight excluding hydrogens is 466 g/mol. The summed E-state index contributed by atoms with van der Waals surface area (Å²) in [6, 6.07) is 13.4. The van der Waals surface area contributed by atoms with Crippen LogP contribution in [0.5, 0.6) is 0 Å². The van der Waals surface area contributed by atoms with Gasteiger partial charge in [-0.25, -0.2) is 17.2 Å². The van der Waals surface area contributed by atoms with Crippen molar-refractivity contribution >= 4 is 43.2 Å². The average Bonchev–Trinajstić information content (AvgIpc) is 2.64. The molecule has 0 aliphatic carbocycles. The minimum absolute atomic E-state index is 0.0437. The summed E-state index contributed by atoms with van der Waals surface area (Å²) in [6.07, 6.45) is 0. The number of sulfonamides is 1. The van der Waals surface area contributed by atoms with E-state index < -0.39 is 27.6 Å². The van der Waals surface area contributed by atoms with Crippen LogP contribution in [0.2, 0.25) is 0 Å². The van der Waals surface area contributed by atoms with Crippen molar-refractivity contribution in [3.8, 4) is 0 Å². The average molecular weight is 481 g/mol. The van der Waals surface area contributed by atoms with Gasteiger partial charge in [-0.2, -0.15) is 0 Å². The summed E-state index contributed by atoms with van der Waals surface area (Å²) < 4.78 is 55.6. The highest BCUT2D eigenvalue weighted by molar-refractivity contribution is 9.10. The maximum absolute atomic E-state index is 13.8. The number of anilines is 2. The van der Waals surface area contributed by atoms with Gasteiger partial charge >= 0.3 is 0 Å². The van der Waals surface area contributed by atoms with E-state index in [1.165, 1.54) is 18.2 Å². The van der Waals surface area contributed by atoms with Gasteiger partial charge in [0.1, 0.15) is 11.6 Å². The van der Waals surface area contributed by atoms with E-state index in [0.717, 1.165) is 16.6 Å². The maximum Gasteiger partial charge on any atom is 0.262 e. The van der Waals surface area contributed by atoms with E-state index in [1.54, 1.807) is 31.2 Å². The number of hydrogen-bond donors (Lipinski definition) is 2. The van der Waals surface area contributed by atoms with E-state index in [1.807, 2.05) is 0 Å². The highest BCUT2D eigenvalue weighted by Crippen LogP contribution is 2.24. The molecule has 0 spiro atoms. The Morgan fingerprint density at radius 3 is 2.24 bits per heavy atom. The zero-order chi connectivity index (χ0) is 21.2. The minimum Gasteiger partial charge on any atom is -0.322 e. The third-order valence-corrected chi connectivity index (χ3v) is 6.06. The Morgan fingerprint density at radius 2 is 1.59 bits per heavy atom. The molecule has 0 unspecified atom stereocenters. The number of carbonyl (C=O) groups is 1. The first-order valence-electron chi connectivity index (χ1n) is 8.31. The first-order chi connectivity index (χ1) is 13.7. The smallest absolute Gasteiger partial charge is 0.262 e. The second-order valence-corrected chi connectivity index (χ2v) is 8.74. The fourth-order valence-corrected chi connectivity index (χ4v) is 4.16. The highest BCUT2D eigenvalue weighted by atomic mass is 79.9. The molecular formula is C20H15BrF2N2O3S. The first kappa shape index (κ1) is 20.9. The van der Waals surface area contributed by atoms with Gasteiger partial charge in [-0.1, -0.05) is 22.0 Å². The van der Waals surface area contributed by atoms with Gasteiger partial charge in [0.15, 0.2) is 0 Å². The zero-order valence-electron chi connectivity index (χ0n) is 15.0. The third-order valence-electron chi connectivity index (χ3n) is 4.01. The molecule has 0 bridgehead atoms. The van der Waals surface area contributed by atoms with Crippen molar-refractivity contribution in [2.45, 2.75) is 11.8 Å². The van der Waals surface area contributed by atoms with Gasteiger partial charge in [0.25, 0.3) is 15.9 Å². The number of hydrogen-bond acceptors (Lipinski definition) is 3. The summed E-state index contributed by atoms with van der Waals surface area (Å²) in [6.45, 7) is 1.61. The van der Waals surface area contributed by atoms with Crippen LogP contribution >= 0.6 is 15.9 Å². The molecule has 0 saturated carbocycles. The Balaban J connectivity index is 1.87. The summed E-state index contributed by atoms with van der Waals surface area (Å²) in [4.78, 5) is 12.2. The molecule has 0 atom stereocenters. The number of carbonyl (C=O) groups excluding carboxylic acids is 1. The molecule has 0 fully saturated rings. The number of amides is 1. The fourth-order valence-electron chi connectivity index (χ4n) is 2.57. The van der Waals surface area contributed by atoms with E-state index in [9.17, 15) is 22.0 Å². The Labute approximate surface area is 174 Å². The Morgan fingerprint density at radius 1 is 0.931 bits per heavy atom. The summed E-state index contributed by atoms with van der Waals surface area (Å²) in [7, 11) is -3.93. The summed E-state index contributed by atoms with van der Waals surface area (Å²) in [5.74, 6) is -2.64. The van der Waals surface area contributed by atoms with Gasteiger partial charge < -0.3 is 5.32 Å². The van der Waals surface area contributed by atoms with Crippen LogP contribution in [-0.4, -0.2) is 14.3 Å². The number of nitrogens with one attached hydrogen (secondary N) is 2. The Bertz CT molecular complexity index is 1180. The van der Waals surface area contributed by atoms with Crippen LogP contribution in [0.25, 0.3) is 0 Å². The third kappa shape index (κ3) is 4.99. The van der Waals surface area contributed by atoms with Crippen LogP contribution in [-0.2, 0) is 10.0 Å². The molecule has 2 N–H and O–H groups in total. The van der Waals surface area contributed by atoms with Crippen molar-refractivity contribution < 1.29 is 22.0 Å². The molecule has 150 valence electrons. The predicted octanol–water partition coefficient (Wildman–Crippen LogP) is 5.09. The zero-order valence-corrected chi connectivity index (χ0v) is 17.4. The number of benzene rings is 3. The molecule has 0 saturated heterocycles. The lowest BCUT2D eigenvalue weighted by Crippen LogP contribution is -2.17. The van der Waals surface area contributed by atoms with Crippen LogP contribution < -0.4 is 10.0 Å². The maximum atomic E-state index is 13.8. The van der Waals surface area contributed by atoms with Gasteiger partial charge in [-0.05, 0) is 61.0 Å². The van der Waals surface area contributed by atoms with Crippen molar-refractivity contribution in [1.29, 1.82) is 0 Å². The highest BCUT2D eigenvalue weighted by Gasteiger charge is 2.19. The molecule has 5 nitrogen and oxygen atoms in total. The monoisotopic (exact) mass is 480 g/mol. The van der Waals surface area contributed by atoms with Crippen LogP contribution in [0.3, 0.4) is 0 Å². The lowest BCUT2D eigenvalue weighted by atomic mass is 10.1. The van der Waals surface area contributed by atoms with Crippen molar-refractivity contribution in [1.82, 2.24) is 0 Å². The molecule has 0 aliphatic heterocycles. The first-order valence-corrected chi connectivity index (χ1v) is 10.6. The van der Waals surface area contributed by atoms with Gasteiger partial charge in [0.05, 0.1) is 10.5 Å². The molecule has 3 rings (SSSR count). The van der Waals surface area contributed by atoms with E-state index in [4.69, 9.17) is 0 Å². The molecule has 1 amide bonds. The quantitative estimate of drug-likeness (QED) is 0.533. The van der Waals surface area contributed by atoms with E-state index in [0.29, 0.717) is 17.3 Å². The van der Waals surface area contributed by atoms with Crippen LogP contribution in [0, 0.1) is 18.6 Å². The van der Waals surface area contributed by atoms with Crippen molar-refractivity contribution in [2.75, 3.05) is 10.0 Å². The van der Waals surface area contributed by atoms with Gasteiger partial charge in [-0.3, -0.25) is 9.52 Å². The van der Waals surface area contributed by atoms with Crippen molar-refractivity contribution in [2.24, 2.45) is 0 Å². The summed E-state index contributed by atoms with van der Waals surface area (Å²) >= 11 is 3.28.